The lowest BCUT2D eigenvalue weighted by atomic mass is 9.67. The number of nitrogens with zero attached hydrogens (tertiary/aromatic N) is 1. The number of alkyl halides is 6. The summed E-state index contributed by atoms with van der Waals surface area (Å²) < 4.78 is 110. The highest BCUT2D eigenvalue weighted by Crippen LogP contribution is 2.57. The number of nitrogens with one attached hydrogen (secondary N) is 2. The summed E-state index contributed by atoms with van der Waals surface area (Å²) in [4.78, 5) is 14.4. The summed E-state index contributed by atoms with van der Waals surface area (Å²) in [6.07, 6.45) is -1.52. The van der Waals surface area contributed by atoms with Crippen LogP contribution in [0.5, 0.6) is 0 Å². The molecule has 1 heterocycles. The molecule has 0 radical (unpaired) electrons. The van der Waals surface area contributed by atoms with Crippen LogP contribution < -0.4 is 10.0 Å². The summed E-state index contributed by atoms with van der Waals surface area (Å²) in [5.74, 6) is -5.31. The van der Waals surface area contributed by atoms with E-state index in [0.717, 1.165) is 0 Å². The number of halogens is 6. The number of hydrogen-bond acceptors (Lipinski definition) is 3. The number of carbonyl (C=O) groups is 1. The molecule has 1 aliphatic heterocycles. The van der Waals surface area contributed by atoms with Gasteiger partial charge in [0.05, 0.1) is 12.1 Å². The fourth-order valence-electron chi connectivity index (χ4n) is 6.93. The minimum absolute atomic E-state index is 0.0120. The van der Waals surface area contributed by atoms with Crippen LogP contribution in [0.4, 0.5) is 31.1 Å². The van der Waals surface area contributed by atoms with Crippen LogP contribution in [-0.2, 0) is 10.0 Å². The highest BCUT2D eigenvalue weighted by Gasteiger charge is 2.62. The third-order valence-corrected chi connectivity index (χ3v) is 10.0. The predicted octanol–water partition coefficient (Wildman–Crippen LogP) is 4.65. The van der Waals surface area contributed by atoms with Crippen LogP contribution in [0.15, 0.2) is 0 Å². The fourth-order valence-corrected chi connectivity index (χ4v) is 7.80. The first-order chi connectivity index (χ1) is 17.4. The van der Waals surface area contributed by atoms with E-state index in [1.54, 1.807) is 0 Å². The van der Waals surface area contributed by atoms with Gasteiger partial charge in [-0.3, -0.25) is 0 Å². The zero-order valence-electron chi connectivity index (χ0n) is 20.9. The van der Waals surface area contributed by atoms with Gasteiger partial charge in [0.15, 0.2) is 0 Å². The molecule has 13 heteroatoms. The zero-order chi connectivity index (χ0) is 27.1. The standard InChI is InChI=1S/C24H37F6N3O3S/c1-13(11-25)31-23(34)33-12-24(5-6-24)21(32-37(35,36)22(29)30)19(33)9-14-3-2-4-18(20(14)28)15-7-16(26)10-17(27)8-15/h13-22,32H,2-12H2,1H3,(H,31,34)/t13-,14?,15?,16?,17?,18?,19+,20?,21-/m1/s1. The molecule has 3 aliphatic carbocycles. The van der Waals surface area contributed by atoms with Crippen LogP contribution in [-0.4, -0.2) is 75.0 Å². The van der Waals surface area contributed by atoms with E-state index in [-0.39, 0.29) is 32.2 Å². The maximum atomic E-state index is 15.9. The van der Waals surface area contributed by atoms with Crippen LogP contribution in [0, 0.1) is 23.2 Å². The van der Waals surface area contributed by atoms with Crippen molar-refractivity contribution in [3.8, 4) is 0 Å². The van der Waals surface area contributed by atoms with Crippen molar-refractivity contribution in [3.63, 3.8) is 0 Å². The molecular formula is C24H37F6N3O3S. The molecule has 0 aromatic carbocycles. The Labute approximate surface area is 214 Å². The average molecular weight is 562 g/mol. The maximum absolute atomic E-state index is 15.9. The fraction of sp³-hybridized carbons (Fsp3) is 0.958. The lowest BCUT2D eigenvalue weighted by molar-refractivity contribution is 0.00327. The SMILES string of the molecule is C[C@H](CF)NC(=O)N1CC2(CC2)[C@H](NS(=O)(=O)C(F)F)[C@@H]1CC1CCCC(C2CC(F)CC(F)C2)C1F. The summed E-state index contributed by atoms with van der Waals surface area (Å²) in [7, 11) is -5.00. The molecule has 0 aromatic rings. The molecule has 5 unspecified atom stereocenters. The van der Waals surface area contributed by atoms with Gasteiger partial charge in [-0.1, -0.05) is 6.42 Å². The van der Waals surface area contributed by atoms with Gasteiger partial charge < -0.3 is 10.2 Å². The number of sulfonamides is 1. The molecule has 3 saturated carbocycles. The van der Waals surface area contributed by atoms with E-state index < -0.39 is 88.3 Å². The van der Waals surface area contributed by atoms with Gasteiger partial charge in [0.1, 0.15) is 25.2 Å². The second-order valence-electron chi connectivity index (χ2n) is 11.7. The van der Waals surface area contributed by atoms with Crippen LogP contribution in [0.2, 0.25) is 0 Å². The van der Waals surface area contributed by atoms with Gasteiger partial charge in [-0.05, 0) is 69.6 Å². The number of urea groups is 1. The van der Waals surface area contributed by atoms with Crippen molar-refractivity contribution in [1.82, 2.24) is 14.9 Å². The lowest BCUT2D eigenvalue weighted by Crippen LogP contribution is -2.54. The molecule has 37 heavy (non-hydrogen) atoms. The maximum Gasteiger partial charge on any atom is 0.350 e. The largest absolute Gasteiger partial charge is 0.350 e. The van der Waals surface area contributed by atoms with Crippen molar-refractivity contribution in [2.45, 2.75) is 107 Å². The summed E-state index contributed by atoms with van der Waals surface area (Å²) in [6, 6.07) is -3.43. The van der Waals surface area contributed by atoms with Crippen molar-refractivity contribution in [2.75, 3.05) is 13.2 Å². The van der Waals surface area contributed by atoms with E-state index in [1.165, 1.54) is 11.8 Å². The van der Waals surface area contributed by atoms with Crippen LogP contribution >= 0.6 is 0 Å². The highest BCUT2D eigenvalue weighted by atomic mass is 32.2. The molecule has 214 valence electrons. The van der Waals surface area contributed by atoms with Gasteiger partial charge in [-0.15, -0.1) is 0 Å². The number of rotatable bonds is 8. The predicted molar refractivity (Wildman–Crippen MR) is 125 cm³/mol. The molecule has 2 amide bonds. The molecule has 6 nitrogen and oxygen atoms in total. The summed E-state index contributed by atoms with van der Waals surface area (Å²) in [5.41, 5.74) is -0.741. The number of amides is 2. The molecule has 4 rings (SSSR count). The van der Waals surface area contributed by atoms with Crippen LogP contribution in [0.3, 0.4) is 0 Å². The summed E-state index contributed by atoms with van der Waals surface area (Å²) in [5, 5.41) is 2.50. The van der Waals surface area contributed by atoms with Gasteiger partial charge in [-0.25, -0.2) is 35.5 Å². The Morgan fingerprint density at radius 1 is 1.08 bits per heavy atom. The topological polar surface area (TPSA) is 78.5 Å². The third-order valence-electron chi connectivity index (χ3n) is 8.96. The monoisotopic (exact) mass is 561 g/mol. The Hall–Kier alpha value is -1.24. The van der Waals surface area contributed by atoms with E-state index in [2.05, 4.69) is 10.0 Å². The molecule has 0 aromatic heterocycles. The number of hydrogen-bond donors (Lipinski definition) is 2. The second kappa shape index (κ2) is 11.1. The van der Waals surface area contributed by atoms with Crippen molar-refractivity contribution in [3.05, 3.63) is 0 Å². The van der Waals surface area contributed by atoms with Gasteiger partial charge >= 0.3 is 11.8 Å². The third kappa shape index (κ3) is 6.17. The Morgan fingerprint density at radius 2 is 1.73 bits per heavy atom. The number of likely N-dealkylation sites (tertiary alicyclic amines) is 1. The van der Waals surface area contributed by atoms with Crippen molar-refractivity contribution < 1.29 is 39.6 Å². The minimum atomic E-state index is -5.00. The first-order valence-corrected chi connectivity index (χ1v) is 14.8. The normalized spacial score (nSPS) is 38.6. The van der Waals surface area contributed by atoms with E-state index in [0.29, 0.717) is 32.1 Å². The van der Waals surface area contributed by atoms with Crippen LogP contribution in [0.1, 0.15) is 64.7 Å². The minimum Gasteiger partial charge on any atom is -0.333 e. The zero-order valence-corrected chi connectivity index (χ0v) is 21.7. The molecule has 1 spiro atoms. The lowest BCUT2D eigenvalue weighted by Gasteiger charge is -2.42. The Morgan fingerprint density at radius 3 is 2.30 bits per heavy atom. The molecule has 8 atom stereocenters. The van der Waals surface area contributed by atoms with E-state index in [4.69, 9.17) is 0 Å². The first kappa shape index (κ1) is 28.8. The molecule has 2 N–H and O–H groups in total. The second-order valence-corrected chi connectivity index (χ2v) is 13.3. The van der Waals surface area contributed by atoms with Gasteiger partial charge in [0.25, 0.3) is 10.0 Å². The first-order valence-electron chi connectivity index (χ1n) is 13.2. The van der Waals surface area contributed by atoms with Crippen molar-refractivity contribution >= 4 is 16.1 Å². The molecule has 4 fully saturated rings. The molecular weight excluding hydrogens is 524 g/mol. The summed E-state index contributed by atoms with van der Waals surface area (Å²) in [6.45, 7) is 0.707. The van der Waals surface area contributed by atoms with E-state index >= 15 is 4.39 Å². The van der Waals surface area contributed by atoms with Crippen molar-refractivity contribution in [1.29, 1.82) is 0 Å². The van der Waals surface area contributed by atoms with Gasteiger partial charge in [0, 0.05) is 24.4 Å². The van der Waals surface area contributed by atoms with Gasteiger partial charge in [0.2, 0.25) is 0 Å². The van der Waals surface area contributed by atoms with E-state index in [9.17, 15) is 35.2 Å². The Kier molecular flexibility index (Phi) is 8.62. The van der Waals surface area contributed by atoms with Crippen LogP contribution in [0.25, 0.3) is 0 Å². The smallest absolute Gasteiger partial charge is 0.333 e. The Bertz CT molecular complexity index is 913. The average Bonchev–Trinajstić information content (AvgIpc) is 3.54. The molecule has 1 saturated heterocycles. The van der Waals surface area contributed by atoms with E-state index in [1.807, 2.05) is 0 Å². The van der Waals surface area contributed by atoms with Crippen molar-refractivity contribution in [2.24, 2.45) is 23.2 Å². The molecule has 4 aliphatic rings. The summed E-state index contributed by atoms with van der Waals surface area (Å²) >= 11 is 0. The highest BCUT2D eigenvalue weighted by molar-refractivity contribution is 7.89. The van der Waals surface area contributed by atoms with Gasteiger partial charge in [-0.2, -0.15) is 8.78 Å². The molecule has 0 bridgehead atoms. The Balaban J connectivity index is 1.57. The quantitative estimate of drug-likeness (QED) is 0.424. The number of carbonyl (C=O) groups excluding carboxylic acids is 1.